The topological polar surface area (TPSA) is 27.3 Å². The molecule has 1 aliphatic carbocycles. The average Bonchev–Trinajstić information content (AvgIpc) is 3.16. The van der Waals surface area contributed by atoms with Crippen molar-refractivity contribution in [3.63, 3.8) is 0 Å². The van der Waals surface area contributed by atoms with E-state index in [-0.39, 0.29) is 17.9 Å². The predicted molar refractivity (Wildman–Crippen MR) is 165 cm³/mol. The number of hydrogen-bond acceptors (Lipinski definition) is 3. The van der Waals surface area contributed by atoms with Crippen LogP contribution in [0.2, 0.25) is 0 Å². The zero-order valence-corrected chi connectivity index (χ0v) is 23.9. The first-order valence-corrected chi connectivity index (χ1v) is 13.5. The van der Waals surface area contributed by atoms with Gasteiger partial charge in [-0.3, -0.25) is 0 Å². The number of halogens is 1. The van der Waals surface area contributed by atoms with E-state index >= 15 is 0 Å². The molecule has 204 valence electrons. The molecular weight excluding hydrogens is 481 g/mol. The molecule has 0 radical (unpaired) electrons. The van der Waals surface area contributed by atoms with E-state index in [1.807, 2.05) is 12.1 Å². The molecule has 0 amide bonds. The first-order chi connectivity index (χ1) is 18.6. The van der Waals surface area contributed by atoms with Crippen molar-refractivity contribution in [1.29, 1.82) is 0 Å². The lowest BCUT2D eigenvalue weighted by Gasteiger charge is -2.35. The van der Waals surface area contributed by atoms with E-state index < -0.39 is 0 Å². The maximum atomic E-state index is 13.7. The molecule has 0 fully saturated rings. The fourth-order valence-corrected chi connectivity index (χ4v) is 4.62. The number of rotatable bonds is 12. The second-order valence-corrected chi connectivity index (χ2v) is 10.2. The molecule has 0 aromatic heterocycles. The van der Waals surface area contributed by atoms with Gasteiger partial charge in [-0.05, 0) is 80.5 Å². The Balaban J connectivity index is 1.73. The predicted octanol–water partition coefficient (Wildman–Crippen LogP) is 8.22. The van der Waals surface area contributed by atoms with Crippen molar-refractivity contribution in [2.45, 2.75) is 59.2 Å². The highest BCUT2D eigenvalue weighted by Gasteiger charge is 2.21. The summed E-state index contributed by atoms with van der Waals surface area (Å²) in [7, 11) is 0. The lowest BCUT2D eigenvalue weighted by atomic mass is 10.0. The fraction of sp³-hybridized carbons (Fsp3) is 0.257. The van der Waals surface area contributed by atoms with E-state index in [2.05, 4.69) is 111 Å². The average molecular weight is 524 g/mol. The minimum atomic E-state index is -0.196. The van der Waals surface area contributed by atoms with Crippen molar-refractivity contribution < 1.29 is 4.39 Å². The van der Waals surface area contributed by atoms with Gasteiger partial charge in [-0.15, -0.1) is 0 Å². The van der Waals surface area contributed by atoms with E-state index in [1.165, 1.54) is 17.2 Å². The van der Waals surface area contributed by atoms with E-state index in [9.17, 15) is 4.39 Å². The van der Waals surface area contributed by atoms with Crippen molar-refractivity contribution in [2.75, 3.05) is 0 Å². The molecule has 3 nitrogen and oxygen atoms in total. The summed E-state index contributed by atoms with van der Waals surface area (Å²) in [6.07, 6.45) is 20.4. The Morgan fingerprint density at radius 2 is 1.92 bits per heavy atom. The maximum Gasteiger partial charge on any atom is 0.126 e. The van der Waals surface area contributed by atoms with E-state index in [0.717, 1.165) is 40.3 Å². The number of nitrogens with zero attached hydrogens (tertiary/aromatic N) is 1. The largest absolute Gasteiger partial charge is 0.380 e. The van der Waals surface area contributed by atoms with Crippen LogP contribution in [-0.4, -0.2) is 17.0 Å². The third-order valence-electron chi connectivity index (χ3n) is 7.09. The van der Waals surface area contributed by atoms with Gasteiger partial charge in [-0.25, -0.2) is 4.39 Å². The molecule has 4 heteroatoms. The van der Waals surface area contributed by atoms with Gasteiger partial charge in [0.1, 0.15) is 5.82 Å². The van der Waals surface area contributed by atoms with Crippen molar-refractivity contribution in [3.05, 3.63) is 156 Å². The number of nitrogens with one attached hydrogen (secondary N) is 2. The zero-order valence-electron chi connectivity index (χ0n) is 23.9. The Hall–Kier alpha value is -4.05. The minimum Gasteiger partial charge on any atom is -0.380 e. The summed E-state index contributed by atoms with van der Waals surface area (Å²) in [5.41, 5.74) is 8.64. The van der Waals surface area contributed by atoms with Gasteiger partial charge in [-0.1, -0.05) is 87.1 Å². The SMILES string of the molecule is C=CC1=CC=C(C(C)NC(=C)C(=C)C/C=C(/C(=C)NCc2ccc(F)c(C)c2)N2C(C)=CC=CC2C)C=CC1. The van der Waals surface area contributed by atoms with Crippen molar-refractivity contribution in [3.8, 4) is 0 Å². The van der Waals surface area contributed by atoms with Crippen LogP contribution in [0.4, 0.5) is 4.39 Å². The van der Waals surface area contributed by atoms with Crippen LogP contribution in [0.25, 0.3) is 0 Å². The molecule has 1 aromatic rings. The molecule has 1 aromatic carbocycles. The van der Waals surface area contributed by atoms with Crippen LogP contribution in [0.3, 0.4) is 0 Å². The highest BCUT2D eigenvalue weighted by atomic mass is 19.1. The van der Waals surface area contributed by atoms with Gasteiger partial charge in [0, 0.05) is 30.0 Å². The molecule has 2 N–H and O–H groups in total. The highest BCUT2D eigenvalue weighted by molar-refractivity contribution is 5.40. The quantitative estimate of drug-likeness (QED) is 0.270. The highest BCUT2D eigenvalue weighted by Crippen LogP contribution is 2.27. The third kappa shape index (κ3) is 7.97. The second kappa shape index (κ2) is 13.7. The number of benzene rings is 1. The van der Waals surface area contributed by atoms with Gasteiger partial charge in [0.05, 0.1) is 11.4 Å². The molecule has 2 atom stereocenters. The molecule has 0 bridgehead atoms. The van der Waals surface area contributed by atoms with Crippen LogP contribution >= 0.6 is 0 Å². The molecule has 1 heterocycles. The van der Waals surface area contributed by atoms with Crippen LogP contribution in [0.1, 0.15) is 44.7 Å². The molecule has 2 unspecified atom stereocenters. The molecule has 1 aliphatic heterocycles. The summed E-state index contributed by atoms with van der Waals surface area (Å²) in [5, 5.41) is 6.97. The van der Waals surface area contributed by atoms with Crippen LogP contribution in [-0.2, 0) is 6.54 Å². The van der Waals surface area contributed by atoms with E-state index in [4.69, 9.17) is 0 Å². The second-order valence-electron chi connectivity index (χ2n) is 10.2. The van der Waals surface area contributed by atoms with Gasteiger partial charge in [-0.2, -0.15) is 0 Å². The normalized spacial score (nSPS) is 17.9. The molecule has 2 aliphatic rings. The van der Waals surface area contributed by atoms with E-state index in [0.29, 0.717) is 18.5 Å². The Kier molecular flexibility index (Phi) is 10.3. The first-order valence-electron chi connectivity index (χ1n) is 13.5. The van der Waals surface area contributed by atoms with Gasteiger partial charge in [0.15, 0.2) is 0 Å². The summed E-state index contributed by atoms with van der Waals surface area (Å²) in [6, 6.07) is 5.43. The van der Waals surface area contributed by atoms with Gasteiger partial charge in [0.2, 0.25) is 0 Å². The Morgan fingerprint density at radius 1 is 1.15 bits per heavy atom. The number of allylic oxidation sites excluding steroid dienone is 10. The van der Waals surface area contributed by atoms with Crippen LogP contribution in [0, 0.1) is 12.7 Å². The van der Waals surface area contributed by atoms with Crippen molar-refractivity contribution >= 4 is 0 Å². The Labute approximate surface area is 234 Å². The fourth-order valence-electron chi connectivity index (χ4n) is 4.62. The number of aryl methyl sites for hydroxylation is 1. The third-order valence-corrected chi connectivity index (χ3v) is 7.09. The molecule has 0 saturated carbocycles. The van der Waals surface area contributed by atoms with Crippen LogP contribution < -0.4 is 10.6 Å². The van der Waals surface area contributed by atoms with Gasteiger partial charge < -0.3 is 15.5 Å². The molecular formula is C35H42FN3. The molecule has 3 rings (SSSR count). The lowest BCUT2D eigenvalue weighted by molar-refractivity contribution is 0.378. The smallest absolute Gasteiger partial charge is 0.126 e. The summed E-state index contributed by atoms with van der Waals surface area (Å²) in [6.45, 7) is 25.6. The van der Waals surface area contributed by atoms with Gasteiger partial charge >= 0.3 is 0 Å². The molecule has 0 saturated heterocycles. The summed E-state index contributed by atoms with van der Waals surface area (Å²) >= 11 is 0. The zero-order chi connectivity index (χ0) is 28.5. The van der Waals surface area contributed by atoms with Crippen molar-refractivity contribution in [1.82, 2.24) is 15.5 Å². The van der Waals surface area contributed by atoms with Crippen LogP contribution in [0.15, 0.2) is 139 Å². The maximum absolute atomic E-state index is 13.7. The van der Waals surface area contributed by atoms with Crippen molar-refractivity contribution in [2.24, 2.45) is 0 Å². The first kappa shape index (κ1) is 29.5. The molecule has 0 spiro atoms. The Morgan fingerprint density at radius 3 is 2.62 bits per heavy atom. The molecule has 39 heavy (non-hydrogen) atoms. The van der Waals surface area contributed by atoms with Crippen LogP contribution in [0.5, 0.6) is 0 Å². The Bertz CT molecular complexity index is 1320. The van der Waals surface area contributed by atoms with E-state index in [1.54, 1.807) is 13.0 Å². The standard InChI is InChI=1S/C35H42FN3/c1-9-31-14-11-15-33(19-17-31)29(7)38-28(6)24(2)16-21-35(39-26(4)12-10-13-27(39)5)30(8)37-23-32-18-20-34(36)25(3)22-32/h9-13,15,17-22,26,29,37-38H,1-2,6,8,14,16,23H2,3-5,7H3/b35-21-. The lowest BCUT2D eigenvalue weighted by Crippen LogP contribution is -2.34. The monoisotopic (exact) mass is 523 g/mol. The summed E-state index contributed by atoms with van der Waals surface area (Å²) < 4.78 is 13.7. The summed E-state index contributed by atoms with van der Waals surface area (Å²) in [4.78, 5) is 2.27. The minimum absolute atomic E-state index is 0.0857. The summed E-state index contributed by atoms with van der Waals surface area (Å²) in [5.74, 6) is -0.196. The van der Waals surface area contributed by atoms with Gasteiger partial charge in [0.25, 0.3) is 0 Å². The number of hydrogen-bond donors (Lipinski definition) is 2.